The van der Waals surface area contributed by atoms with E-state index in [4.69, 9.17) is 4.74 Å². The standard InChI is InChI=1S/C21H16BrF4NO2/c22-15-3-1-13(2-4-15)11-27-19-10-14(12-28)9-18(21(24,25)26)20(19)29-17-7-5-16(23)6-8-17/h1-10,27-28H,11-12H2. The van der Waals surface area contributed by atoms with Gasteiger partial charge in [-0.3, -0.25) is 0 Å². The summed E-state index contributed by atoms with van der Waals surface area (Å²) in [5.74, 6) is -0.920. The van der Waals surface area contributed by atoms with Gasteiger partial charge in [-0.2, -0.15) is 13.2 Å². The Morgan fingerprint density at radius 1 is 0.931 bits per heavy atom. The average Bonchev–Trinajstić information content (AvgIpc) is 2.69. The smallest absolute Gasteiger partial charge is 0.420 e. The number of aliphatic hydroxyl groups excluding tert-OH is 1. The molecule has 0 saturated heterocycles. The van der Waals surface area contributed by atoms with E-state index in [0.29, 0.717) is 0 Å². The number of alkyl halides is 3. The molecular weight excluding hydrogens is 454 g/mol. The minimum Gasteiger partial charge on any atom is -0.455 e. The molecule has 0 atom stereocenters. The van der Waals surface area contributed by atoms with E-state index in [1.807, 2.05) is 24.3 Å². The van der Waals surface area contributed by atoms with Crippen LogP contribution in [0.3, 0.4) is 0 Å². The maximum Gasteiger partial charge on any atom is 0.420 e. The summed E-state index contributed by atoms with van der Waals surface area (Å²) in [6, 6.07) is 14.2. The molecule has 0 spiro atoms. The number of rotatable bonds is 6. The molecule has 8 heteroatoms. The lowest BCUT2D eigenvalue weighted by atomic mass is 10.1. The van der Waals surface area contributed by atoms with Crippen LogP contribution in [0.25, 0.3) is 0 Å². The van der Waals surface area contributed by atoms with Crippen LogP contribution in [-0.2, 0) is 19.3 Å². The Balaban J connectivity index is 2.01. The molecule has 29 heavy (non-hydrogen) atoms. The summed E-state index contributed by atoms with van der Waals surface area (Å²) in [6.07, 6.45) is -4.71. The van der Waals surface area contributed by atoms with Crippen LogP contribution in [0.4, 0.5) is 23.2 Å². The molecule has 0 fully saturated rings. The Kier molecular flexibility index (Phi) is 6.44. The molecule has 0 aliphatic heterocycles. The van der Waals surface area contributed by atoms with Gasteiger partial charge in [0.2, 0.25) is 0 Å². The van der Waals surface area contributed by atoms with Gasteiger partial charge in [-0.05, 0) is 59.7 Å². The van der Waals surface area contributed by atoms with Crippen LogP contribution < -0.4 is 10.1 Å². The van der Waals surface area contributed by atoms with E-state index in [0.717, 1.165) is 28.2 Å². The van der Waals surface area contributed by atoms with Gasteiger partial charge in [-0.1, -0.05) is 28.1 Å². The lowest BCUT2D eigenvalue weighted by Crippen LogP contribution is -2.11. The second kappa shape index (κ2) is 8.84. The van der Waals surface area contributed by atoms with Crippen molar-refractivity contribution in [2.24, 2.45) is 0 Å². The number of anilines is 1. The lowest BCUT2D eigenvalue weighted by molar-refractivity contribution is -0.138. The quantitative estimate of drug-likeness (QED) is 0.404. The lowest BCUT2D eigenvalue weighted by Gasteiger charge is -2.20. The van der Waals surface area contributed by atoms with Crippen molar-refractivity contribution in [1.82, 2.24) is 0 Å². The van der Waals surface area contributed by atoms with Gasteiger partial charge in [0.25, 0.3) is 0 Å². The first-order valence-corrected chi connectivity index (χ1v) is 9.32. The first kappa shape index (κ1) is 21.1. The van der Waals surface area contributed by atoms with E-state index >= 15 is 0 Å². The molecule has 0 aromatic heterocycles. The molecule has 0 heterocycles. The zero-order chi connectivity index (χ0) is 21.0. The third-order valence-corrected chi connectivity index (χ3v) is 4.60. The summed E-state index contributed by atoms with van der Waals surface area (Å²) in [6.45, 7) is -0.327. The van der Waals surface area contributed by atoms with Crippen LogP contribution in [0.1, 0.15) is 16.7 Å². The number of aliphatic hydroxyl groups is 1. The van der Waals surface area contributed by atoms with E-state index in [1.54, 1.807) is 0 Å². The normalized spacial score (nSPS) is 11.4. The van der Waals surface area contributed by atoms with Crippen molar-refractivity contribution in [2.75, 3.05) is 5.32 Å². The molecule has 2 N–H and O–H groups in total. The Bertz CT molecular complexity index is 974. The monoisotopic (exact) mass is 469 g/mol. The summed E-state index contributed by atoms with van der Waals surface area (Å²) in [5, 5.41) is 12.3. The largest absolute Gasteiger partial charge is 0.455 e. The predicted molar refractivity (Wildman–Crippen MR) is 105 cm³/mol. The van der Waals surface area contributed by atoms with Crippen molar-refractivity contribution in [2.45, 2.75) is 19.3 Å². The van der Waals surface area contributed by atoms with E-state index in [9.17, 15) is 22.7 Å². The topological polar surface area (TPSA) is 41.5 Å². The van der Waals surface area contributed by atoms with E-state index in [1.165, 1.54) is 18.2 Å². The SMILES string of the molecule is OCc1cc(NCc2ccc(Br)cc2)c(Oc2ccc(F)cc2)c(C(F)(F)F)c1. The Hall–Kier alpha value is -2.58. The first-order valence-electron chi connectivity index (χ1n) is 8.53. The highest BCUT2D eigenvalue weighted by Gasteiger charge is 2.36. The van der Waals surface area contributed by atoms with Gasteiger partial charge in [-0.15, -0.1) is 0 Å². The number of hydrogen-bond acceptors (Lipinski definition) is 3. The van der Waals surface area contributed by atoms with Crippen LogP contribution in [0.5, 0.6) is 11.5 Å². The second-order valence-electron chi connectivity index (χ2n) is 6.21. The molecule has 0 aliphatic rings. The van der Waals surface area contributed by atoms with Crippen molar-refractivity contribution in [3.05, 3.63) is 87.6 Å². The van der Waals surface area contributed by atoms with Crippen LogP contribution in [0, 0.1) is 5.82 Å². The molecule has 152 valence electrons. The number of benzene rings is 3. The van der Waals surface area contributed by atoms with Gasteiger partial charge in [0.15, 0.2) is 5.75 Å². The maximum atomic E-state index is 13.7. The molecule has 0 saturated carbocycles. The highest BCUT2D eigenvalue weighted by atomic mass is 79.9. The van der Waals surface area contributed by atoms with Crippen LogP contribution in [0.2, 0.25) is 0 Å². The van der Waals surface area contributed by atoms with Crippen LogP contribution in [-0.4, -0.2) is 5.11 Å². The molecule has 0 aliphatic carbocycles. The van der Waals surface area contributed by atoms with E-state index < -0.39 is 29.9 Å². The van der Waals surface area contributed by atoms with Gasteiger partial charge >= 0.3 is 6.18 Å². The fraction of sp³-hybridized carbons (Fsp3) is 0.143. The average molecular weight is 470 g/mol. The summed E-state index contributed by atoms with van der Waals surface area (Å²) in [4.78, 5) is 0. The highest BCUT2D eigenvalue weighted by molar-refractivity contribution is 9.10. The maximum absolute atomic E-state index is 13.7. The Labute approximate surface area is 173 Å². The van der Waals surface area contributed by atoms with Crippen molar-refractivity contribution < 1.29 is 27.4 Å². The second-order valence-corrected chi connectivity index (χ2v) is 7.13. The Morgan fingerprint density at radius 3 is 2.17 bits per heavy atom. The fourth-order valence-corrected chi connectivity index (χ4v) is 2.92. The third kappa shape index (κ3) is 5.48. The van der Waals surface area contributed by atoms with Crippen molar-refractivity contribution in [3.8, 4) is 11.5 Å². The Morgan fingerprint density at radius 2 is 1.59 bits per heavy atom. The van der Waals surface area contributed by atoms with Crippen molar-refractivity contribution in [3.63, 3.8) is 0 Å². The highest BCUT2D eigenvalue weighted by Crippen LogP contribution is 2.43. The van der Waals surface area contributed by atoms with E-state index in [2.05, 4.69) is 21.2 Å². The molecule has 3 aromatic rings. The summed E-state index contributed by atoms with van der Waals surface area (Å²) in [7, 11) is 0. The number of ether oxygens (including phenoxy) is 1. The molecule has 0 unspecified atom stereocenters. The van der Waals surface area contributed by atoms with Crippen LogP contribution >= 0.6 is 15.9 Å². The molecule has 3 nitrogen and oxygen atoms in total. The summed E-state index contributed by atoms with van der Waals surface area (Å²) in [5.41, 5.74) is -0.0474. The molecule has 0 radical (unpaired) electrons. The fourth-order valence-electron chi connectivity index (χ4n) is 2.65. The van der Waals surface area contributed by atoms with Gasteiger partial charge in [0, 0.05) is 11.0 Å². The molecule has 0 bridgehead atoms. The van der Waals surface area contributed by atoms with Gasteiger partial charge in [0.05, 0.1) is 12.3 Å². The minimum absolute atomic E-state index is 0.0559. The minimum atomic E-state index is -4.71. The van der Waals surface area contributed by atoms with E-state index in [-0.39, 0.29) is 23.5 Å². The summed E-state index contributed by atoms with van der Waals surface area (Å²) >= 11 is 3.33. The predicted octanol–water partition coefficient (Wildman–Crippen LogP) is 6.50. The van der Waals surface area contributed by atoms with Crippen molar-refractivity contribution >= 4 is 21.6 Å². The zero-order valence-electron chi connectivity index (χ0n) is 14.9. The van der Waals surface area contributed by atoms with Crippen LogP contribution in [0.15, 0.2) is 65.1 Å². The molecule has 3 aromatic carbocycles. The summed E-state index contributed by atoms with van der Waals surface area (Å²) < 4.78 is 60.5. The molecular formula is C21H16BrF4NO2. The third-order valence-electron chi connectivity index (χ3n) is 4.07. The zero-order valence-corrected chi connectivity index (χ0v) is 16.5. The van der Waals surface area contributed by atoms with Gasteiger partial charge < -0.3 is 15.2 Å². The van der Waals surface area contributed by atoms with Gasteiger partial charge in [0.1, 0.15) is 17.1 Å². The molecule has 0 amide bonds. The van der Waals surface area contributed by atoms with Gasteiger partial charge in [-0.25, -0.2) is 4.39 Å². The number of hydrogen-bond donors (Lipinski definition) is 2. The number of nitrogens with one attached hydrogen (secondary N) is 1. The number of halogens is 5. The molecule has 3 rings (SSSR count). The first-order chi connectivity index (χ1) is 13.8. The van der Waals surface area contributed by atoms with Crippen molar-refractivity contribution in [1.29, 1.82) is 0 Å².